The zero-order chi connectivity index (χ0) is 6.53. The summed E-state index contributed by atoms with van der Waals surface area (Å²) in [5.41, 5.74) is 1.41. The first-order chi connectivity index (χ1) is 4.43. The molecule has 0 aromatic rings. The fourth-order valence-electron chi connectivity index (χ4n) is 0.989. The van der Waals surface area contributed by atoms with Crippen LogP contribution in [0.15, 0.2) is 17.7 Å². The Hall–Kier alpha value is -0.000519. The van der Waals surface area contributed by atoms with Crippen molar-refractivity contribution in [2.45, 2.75) is 32.6 Å². The monoisotopic (exact) mass is 177 g/mol. The van der Waals surface area contributed by atoms with E-state index < -0.39 is 0 Å². The quantitative estimate of drug-likeness (QED) is 0.459. The van der Waals surface area contributed by atoms with Gasteiger partial charge in [0.1, 0.15) is 0 Å². The van der Waals surface area contributed by atoms with E-state index in [4.69, 9.17) is 0 Å². The molecule has 1 aliphatic rings. The summed E-state index contributed by atoms with van der Waals surface area (Å²) in [6, 6.07) is 0. The second-order valence-corrected chi connectivity index (χ2v) is 2.41. The molecule has 0 saturated heterocycles. The Labute approximate surface area is 73.9 Å². The number of allylic oxidation sites excluding steroid dienone is 4. The van der Waals surface area contributed by atoms with Crippen molar-refractivity contribution in [3.8, 4) is 0 Å². The largest absolute Gasteiger partial charge is 0.269 e. The molecule has 0 aliphatic heterocycles. The van der Waals surface area contributed by atoms with E-state index in [1.165, 1.54) is 24.8 Å². The third-order valence-electron chi connectivity index (χ3n) is 1.57. The van der Waals surface area contributed by atoms with Gasteiger partial charge < -0.3 is 0 Å². The predicted octanol–water partition coefficient (Wildman–Crippen LogP) is 2.86. The summed E-state index contributed by atoms with van der Waals surface area (Å²) in [5.74, 6) is 0. The molecule has 1 rings (SSSR count). The fraction of sp³-hybridized carbons (Fsp3) is 0.556. The topological polar surface area (TPSA) is 0 Å². The number of hydrogen-bond acceptors (Lipinski definition) is 0. The van der Waals surface area contributed by atoms with Gasteiger partial charge >= 0.3 is 0 Å². The summed E-state index contributed by atoms with van der Waals surface area (Å²) in [6.45, 7) is 2.22. The van der Waals surface area contributed by atoms with Crippen LogP contribution in [0.2, 0.25) is 0 Å². The average Bonchev–Trinajstić information content (AvgIpc) is 2.34. The van der Waals surface area contributed by atoms with Crippen LogP contribution in [0.5, 0.6) is 0 Å². The van der Waals surface area contributed by atoms with E-state index in [2.05, 4.69) is 25.2 Å². The normalized spacial score (nSPS) is 14.7. The third-order valence-corrected chi connectivity index (χ3v) is 1.57. The van der Waals surface area contributed by atoms with Crippen molar-refractivity contribution in [2.24, 2.45) is 0 Å². The van der Waals surface area contributed by atoms with Gasteiger partial charge in [-0.3, -0.25) is 6.08 Å². The van der Waals surface area contributed by atoms with Gasteiger partial charge in [0, 0.05) is 17.1 Å². The molecule has 0 N–H and O–H groups in total. The summed E-state index contributed by atoms with van der Waals surface area (Å²) in [5, 5.41) is 0. The van der Waals surface area contributed by atoms with E-state index in [9.17, 15) is 0 Å². The minimum absolute atomic E-state index is 0. The van der Waals surface area contributed by atoms with E-state index in [1.54, 1.807) is 0 Å². The van der Waals surface area contributed by atoms with E-state index in [0.717, 1.165) is 6.42 Å². The molecule has 0 unspecified atom stereocenters. The van der Waals surface area contributed by atoms with E-state index in [1.807, 2.05) is 0 Å². The molecule has 0 saturated carbocycles. The van der Waals surface area contributed by atoms with Gasteiger partial charge in [0.2, 0.25) is 0 Å². The Kier molecular flexibility index (Phi) is 5.76. The van der Waals surface area contributed by atoms with Crippen LogP contribution in [-0.2, 0) is 17.1 Å². The average molecular weight is 177 g/mol. The Morgan fingerprint density at radius 2 is 2.40 bits per heavy atom. The summed E-state index contributed by atoms with van der Waals surface area (Å²) >= 11 is 0. The molecule has 0 aromatic heterocycles. The van der Waals surface area contributed by atoms with Crippen molar-refractivity contribution in [1.29, 1.82) is 0 Å². The minimum atomic E-state index is 0. The van der Waals surface area contributed by atoms with Crippen molar-refractivity contribution in [2.75, 3.05) is 0 Å². The second-order valence-electron chi connectivity index (χ2n) is 2.41. The molecular formula is C9H13Fe-. The first kappa shape index (κ1) is 10.00. The predicted molar refractivity (Wildman–Crippen MR) is 40.0 cm³/mol. The molecule has 0 aromatic carbocycles. The number of hydrogen-bond donors (Lipinski definition) is 0. The van der Waals surface area contributed by atoms with E-state index in [-0.39, 0.29) is 17.1 Å². The minimum Gasteiger partial charge on any atom is -0.269 e. The van der Waals surface area contributed by atoms with Crippen LogP contribution < -0.4 is 0 Å². The molecule has 10 heavy (non-hydrogen) atoms. The first-order valence-corrected chi connectivity index (χ1v) is 3.69. The van der Waals surface area contributed by atoms with Crippen molar-refractivity contribution in [3.63, 3.8) is 0 Å². The van der Waals surface area contributed by atoms with E-state index >= 15 is 0 Å². The maximum absolute atomic E-state index is 3.30. The van der Waals surface area contributed by atoms with Crippen molar-refractivity contribution in [3.05, 3.63) is 23.8 Å². The van der Waals surface area contributed by atoms with Crippen molar-refractivity contribution in [1.82, 2.24) is 0 Å². The molecule has 0 amide bonds. The first-order valence-electron chi connectivity index (χ1n) is 3.69. The molecule has 0 bridgehead atoms. The van der Waals surface area contributed by atoms with Crippen LogP contribution in [0.4, 0.5) is 0 Å². The Bertz CT molecular complexity index is 134. The molecule has 0 radical (unpaired) electrons. The van der Waals surface area contributed by atoms with Crippen LogP contribution >= 0.6 is 0 Å². The molecule has 0 nitrogen and oxygen atoms in total. The maximum atomic E-state index is 3.30. The van der Waals surface area contributed by atoms with Crippen LogP contribution in [-0.4, -0.2) is 0 Å². The Morgan fingerprint density at radius 3 is 2.90 bits per heavy atom. The summed E-state index contributed by atoms with van der Waals surface area (Å²) < 4.78 is 0. The molecule has 1 aliphatic carbocycles. The van der Waals surface area contributed by atoms with Crippen LogP contribution in [0.1, 0.15) is 32.6 Å². The zero-order valence-corrected chi connectivity index (χ0v) is 7.44. The number of unbranched alkanes of at least 4 members (excludes halogenated alkanes) is 1. The molecule has 58 valence electrons. The fourth-order valence-corrected chi connectivity index (χ4v) is 0.989. The van der Waals surface area contributed by atoms with Crippen LogP contribution in [0, 0.1) is 6.08 Å². The Morgan fingerprint density at radius 1 is 1.60 bits per heavy atom. The second kappa shape index (κ2) is 5.76. The standard InChI is InChI=1S/C9H13.Fe/c1-2-3-6-9-7-4-5-8-9;/h4,7H,2-3,5-6H2,1H3;/q-1;. The smallest absolute Gasteiger partial charge is 0 e. The molecule has 1 heteroatoms. The maximum Gasteiger partial charge on any atom is 0 e. The van der Waals surface area contributed by atoms with Gasteiger partial charge in [-0.15, -0.1) is 6.42 Å². The molecule has 0 fully saturated rings. The summed E-state index contributed by atoms with van der Waals surface area (Å²) in [4.78, 5) is 0. The van der Waals surface area contributed by atoms with Crippen molar-refractivity contribution >= 4 is 0 Å². The van der Waals surface area contributed by atoms with Crippen LogP contribution in [0.3, 0.4) is 0 Å². The third kappa shape index (κ3) is 3.24. The molecule has 0 spiro atoms. The van der Waals surface area contributed by atoms with Gasteiger partial charge in [0.05, 0.1) is 0 Å². The van der Waals surface area contributed by atoms with Gasteiger partial charge in [-0.2, -0.15) is 6.08 Å². The molecule has 0 atom stereocenters. The Balaban J connectivity index is 0.000000810. The molecular weight excluding hydrogens is 164 g/mol. The summed E-state index contributed by atoms with van der Waals surface area (Å²) in [7, 11) is 0. The van der Waals surface area contributed by atoms with Gasteiger partial charge in [0.25, 0.3) is 0 Å². The van der Waals surface area contributed by atoms with Gasteiger partial charge in [-0.05, 0) is 0 Å². The summed E-state index contributed by atoms with van der Waals surface area (Å²) in [6.07, 6.45) is 12.5. The molecule has 0 heterocycles. The van der Waals surface area contributed by atoms with Gasteiger partial charge in [-0.1, -0.05) is 26.2 Å². The van der Waals surface area contributed by atoms with Crippen molar-refractivity contribution < 1.29 is 17.1 Å². The SMILES string of the molecule is CCCCC1=[C-]CC=C1.[Fe]. The van der Waals surface area contributed by atoms with E-state index in [0.29, 0.717) is 0 Å². The van der Waals surface area contributed by atoms with Gasteiger partial charge in [-0.25, -0.2) is 11.6 Å². The number of rotatable bonds is 3. The van der Waals surface area contributed by atoms with Gasteiger partial charge in [0.15, 0.2) is 0 Å². The van der Waals surface area contributed by atoms with Crippen LogP contribution in [0.25, 0.3) is 0 Å². The zero-order valence-electron chi connectivity index (χ0n) is 6.34.